The predicted octanol–water partition coefficient (Wildman–Crippen LogP) is 4.56. The molecule has 20 heavy (non-hydrogen) atoms. The number of benzene rings is 2. The molecular formula is C17H18N2S. The number of aryl methyl sites for hydroxylation is 2. The summed E-state index contributed by atoms with van der Waals surface area (Å²) in [5.41, 5.74) is 5.00. The number of nitrogens with zero attached hydrogens (tertiary/aromatic N) is 1. The SMILES string of the molecule is Cc1cccc(C)c1NC1=NC(c2ccccc2)CS1. The van der Waals surface area contributed by atoms with Gasteiger partial charge < -0.3 is 5.32 Å². The molecule has 0 saturated carbocycles. The topological polar surface area (TPSA) is 24.4 Å². The van der Waals surface area contributed by atoms with Gasteiger partial charge in [-0.25, -0.2) is 0 Å². The lowest BCUT2D eigenvalue weighted by atomic mass is 10.1. The van der Waals surface area contributed by atoms with Crippen molar-refractivity contribution in [3.8, 4) is 0 Å². The van der Waals surface area contributed by atoms with Gasteiger partial charge in [0.25, 0.3) is 0 Å². The van der Waals surface area contributed by atoms with Crippen molar-refractivity contribution in [3.63, 3.8) is 0 Å². The molecule has 2 aromatic carbocycles. The van der Waals surface area contributed by atoms with E-state index in [-0.39, 0.29) is 6.04 Å². The Bertz CT molecular complexity index is 614. The van der Waals surface area contributed by atoms with Crippen LogP contribution in [-0.2, 0) is 0 Å². The summed E-state index contributed by atoms with van der Waals surface area (Å²) in [6.45, 7) is 4.26. The van der Waals surface area contributed by atoms with Gasteiger partial charge >= 0.3 is 0 Å². The lowest BCUT2D eigenvalue weighted by Gasteiger charge is -2.11. The van der Waals surface area contributed by atoms with Crippen molar-refractivity contribution in [2.45, 2.75) is 19.9 Å². The molecule has 0 radical (unpaired) electrons. The Hall–Kier alpha value is -1.74. The Morgan fingerprint density at radius 2 is 1.70 bits per heavy atom. The molecule has 0 bridgehead atoms. The molecule has 0 amide bonds. The number of rotatable bonds is 2. The summed E-state index contributed by atoms with van der Waals surface area (Å²) < 4.78 is 0. The largest absolute Gasteiger partial charge is 0.335 e. The van der Waals surface area contributed by atoms with Gasteiger partial charge in [0.15, 0.2) is 5.17 Å². The summed E-state index contributed by atoms with van der Waals surface area (Å²) in [6.07, 6.45) is 0. The van der Waals surface area contributed by atoms with Crippen LogP contribution in [0.5, 0.6) is 0 Å². The quantitative estimate of drug-likeness (QED) is 0.873. The summed E-state index contributed by atoms with van der Waals surface area (Å²) in [6, 6.07) is 17.1. The van der Waals surface area contributed by atoms with E-state index in [4.69, 9.17) is 4.99 Å². The van der Waals surface area contributed by atoms with Crippen LogP contribution >= 0.6 is 11.8 Å². The maximum atomic E-state index is 4.80. The van der Waals surface area contributed by atoms with Gasteiger partial charge in [0, 0.05) is 11.4 Å². The van der Waals surface area contributed by atoms with Crippen molar-refractivity contribution in [1.82, 2.24) is 0 Å². The molecule has 1 aliphatic rings. The van der Waals surface area contributed by atoms with E-state index < -0.39 is 0 Å². The number of para-hydroxylation sites is 1. The molecule has 2 aromatic rings. The first-order valence-electron chi connectivity index (χ1n) is 6.83. The Kier molecular flexibility index (Phi) is 3.79. The summed E-state index contributed by atoms with van der Waals surface area (Å²) in [4.78, 5) is 4.80. The van der Waals surface area contributed by atoms with Crippen LogP contribution in [0.15, 0.2) is 53.5 Å². The van der Waals surface area contributed by atoms with Crippen LogP contribution in [0.4, 0.5) is 5.69 Å². The van der Waals surface area contributed by atoms with Crippen molar-refractivity contribution in [1.29, 1.82) is 0 Å². The number of hydrogen-bond donors (Lipinski definition) is 1. The zero-order chi connectivity index (χ0) is 13.9. The van der Waals surface area contributed by atoms with Crippen LogP contribution in [0.2, 0.25) is 0 Å². The molecular weight excluding hydrogens is 264 g/mol. The van der Waals surface area contributed by atoms with Crippen molar-refractivity contribution in [3.05, 3.63) is 65.2 Å². The Morgan fingerprint density at radius 1 is 1.00 bits per heavy atom. The van der Waals surface area contributed by atoms with Crippen LogP contribution in [0.25, 0.3) is 0 Å². The van der Waals surface area contributed by atoms with Crippen LogP contribution in [0.1, 0.15) is 22.7 Å². The Labute approximate surface area is 124 Å². The summed E-state index contributed by atoms with van der Waals surface area (Å²) in [7, 11) is 0. The monoisotopic (exact) mass is 282 g/mol. The van der Waals surface area contributed by atoms with Gasteiger partial charge in [-0.1, -0.05) is 60.3 Å². The minimum atomic E-state index is 0.271. The molecule has 0 aromatic heterocycles. The maximum absolute atomic E-state index is 4.80. The molecule has 3 rings (SSSR count). The average Bonchev–Trinajstić information content (AvgIpc) is 2.93. The van der Waals surface area contributed by atoms with Gasteiger partial charge in [0.2, 0.25) is 0 Å². The van der Waals surface area contributed by atoms with Gasteiger partial charge in [-0.2, -0.15) is 0 Å². The number of nitrogens with one attached hydrogen (secondary N) is 1. The summed E-state index contributed by atoms with van der Waals surface area (Å²) in [5, 5.41) is 4.51. The fraction of sp³-hybridized carbons (Fsp3) is 0.235. The third-order valence-electron chi connectivity index (χ3n) is 3.55. The van der Waals surface area contributed by atoms with E-state index in [1.807, 2.05) is 6.07 Å². The number of aliphatic imine (C=N–C) groups is 1. The molecule has 0 saturated heterocycles. The fourth-order valence-corrected chi connectivity index (χ4v) is 3.37. The van der Waals surface area contributed by atoms with E-state index in [0.717, 1.165) is 10.9 Å². The van der Waals surface area contributed by atoms with E-state index in [2.05, 4.69) is 61.6 Å². The van der Waals surface area contributed by atoms with Gasteiger partial charge in [-0.05, 0) is 30.5 Å². The van der Waals surface area contributed by atoms with Crippen molar-refractivity contribution in [2.24, 2.45) is 4.99 Å². The van der Waals surface area contributed by atoms with Gasteiger partial charge in [0.1, 0.15) is 0 Å². The number of anilines is 1. The molecule has 1 aliphatic heterocycles. The molecule has 102 valence electrons. The highest BCUT2D eigenvalue weighted by molar-refractivity contribution is 8.14. The number of thioether (sulfide) groups is 1. The second-order valence-electron chi connectivity index (χ2n) is 5.06. The second-order valence-corrected chi connectivity index (χ2v) is 6.07. The maximum Gasteiger partial charge on any atom is 0.161 e. The van der Waals surface area contributed by atoms with E-state index >= 15 is 0 Å². The van der Waals surface area contributed by atoms with E-state index in [1.54, 1.807) is 11.8 Å². The van der Waals surface area contributed by atoms with Crippen molar-refractivity contribution in [2.75, 3.05) is 11.1 Å². The first-order chi connectivity index (χ1) is 9.74. The molecule has 0 spiro atoms. The molecule has 0 fully saturated rings. The minimum absolute atomic E-state index is 0.271. The minimum Gasteiger partial charge on any atom is -0.335 e. The van der Waals surface area contributed by atoms with Gasteiger partial charge in [0.05, 0.1) is 6.04 Å². The van der Waals surface area contributed by atoms with Gasteiger partial charge in [-0.15, -0.1) is 0 Å². The molecule has 3 heteroatoms. The molecule has 0 aliphatic carbocycles. The van der Waals surface area contributed by atoms with Crippen LogP contribution in [-0.4, -0.2) is 10.9 Å². The standard InChI is InChI=1S/C17H18N2S/c1-12-7-6-8-13(2)16(12)19-17-18-15(11-20-17)14-9-4-3-5-10-14/h3-10,15H,11H2,1-2H3,(H,18,19). The molecule has 2 nitrogen and oxygen atoms in total. The average molecular weight is 282 g/mol. The van der Waals surface area contributed by atoms with Crippen molar-refractivity contribution < 1.29 is 0 Å². The third kappa shape index (κ3) is 2.73. The second kappa shape index (κ2) is 5.71. The smallest absolute Gasteiger partial charge is 0.161 e. The molecule has 1 atom stereocenters. The van der Waals surface area contributed by atoms with Gasteiger partial charge in [-0.3, -0.25) is 4.99 Å². The Balaban J connectivity index is 1.80. The van der Waals surface area contributed by atoms with E-state index in [0.29, 0.717) is 0 Å². The summed E-state index contributed by atoms with van der Waals surface area (Å²) in [5.74, 6) is 1.01. The first-order valence-corrected chi connectivity index (χ1v) is 7.81. The third-order valence-corrected chi connectivity index (χ3v) is 4.51. The van der Waals surface area contributed by atoms with E-state index in [1.165, 1.54) is 22.4 Å². The highest BCUT2D eigenvalue weighted by atomic mass is 32.2. The molecule has 1 heterocycles. The van der Waals surface area contributed by atoms with Crippen LogP contribution < -0.4 is 5.32 Å². The first kappa shape index (κ1) is 13.3. The number of amidine groups is 1. The Morgan fingerprint density at radius 3 is 2.40 bits per heavy atom. The van der Waals surface area contributed by atoms with Crippen LogP contribution in [0.3, 0.4) is 0 Å². The van der Waals surface area contributed by atoms with E-state index in [9.17, 15) is 0 Å². The number of hydrogen-bond acceptors (Lipinski definition) is 3. The summed E-state index contributed by atoms with van der Waals surface area (Å²) >= 11 is 1.80. The van der Waals surface area contributed by atoms with Crippen LogP contribution in [0, 0.1) is 13.8 Å². The lowest BCUT2D eigenvalue weighted by Crippen LogP contribution is -2.07. The molecule has 1 N–H and O–H groups in total. The predicted molar refractivity (Wildman–Crippen MR) is 88.6 cm³/mol. The van der Waals surface area contributed by atoms with Crippen molar-refractivity contribution >= 4 is 22.6 Å². The highest BCUT2D eigenvalue weighted by Crippen LogP contribution is 2.31. The zero-order valence-electron chi connectivity index (χ0n) is 11.8. The lowest BCUT2D eigenvalue weighted by molar-refractivity contribution is 0.849. The normalized spacial score (nSPS) is 17.9. The highest BCUT2D eigenvalue weighted by Gasteiger charge is 2.20. The zero-order valence-corrected chi connectivity index (χ0v) is 12.6. The molecule has 1 unspecified atom stereocenters. The fourth-order valence-electron chi connectivity index (χ4n) is 2.41.